The van der Waals surface area contributed by atoms with Gasteiger partial charge in [-0.15, -0.1) is 0 Å². The first-order valence-electron chi connectivity index (χ1n) is 6.58. The van der Waals surface area contributed by atoms with Gasteiger partial charge in [-0.1, -0.05) is 6.58 Å². The summed E-state index contributed by atoms with van der Waals surface area (Å²) in [6.45, 7) is 3.40. The number of benzene rings is 2. The molecule has 1 amide bonds. The second-order valence-corrected chi connectivity index (χ2v) is 4.75. The molecule has 3 rings (SSSR count). The first-order valence-corrected chi connectivity index (χ1v) is 6.58. The highest BCUT2D eigenvalue weighted by Gasteiger charge is 2.08. The summed E-state index contributed by atoms with van der Waals surface area (Å²) in [4.78, 5) is 11.3. The van der Waals surface area contributed by atoms with Crippen LogP contribution in [-0.2, 0) is 4.79 Å². The molecule has 1 aromatic heterocycles. The van der Waals surface area contributed by atoms with Crippen LogP contribution in [0.1, 0.15) is 0 Å². The minimum absolute atomic E-state index is 0.292. The third-order valence-corrected chi connectivity index (χ3v) is 3.32. The third kappa shape index (κ3) is 2.48. The zero-order valence-electron chi connectivity index (χ0n) is 11.5. The second-order valence-electron chi connectivity index (χ2n) is 4.75. The summed E-state index contributed by atoms with van der Waals surface area (Å²) in [5.74, 6) is -2.07. The van der Waals surface area contributed by atoms with Gasteiger partial charge < -0.3 is 9.88 Å². The van der Waals surface area contributed by atoms with Gasteiger partial charge in [0.05, 0.1) is 5.52 Å². The molecule has 1 N–H and O–H groups in total. The van der Waals surface area contributed by atoms with Crippen molar-refractivity contribution in [1.82, 2.24) is 4.57 Å². The third-order valence-electron chi connectivity index (χ3n) is 3.32. The first kappa shape index (κ1) is 14.0. The maximum absolute atomic E-state index is 13.4. The van der Waals surface area contributed by atoms with Crippen LogP contribution in [0.5, 0.6) is 0 Å². The number of carbonyl (C=O) groups excluding carboxylic acids is 1. The van der Waals surface area contributed by atoms with Crippen molar-refractivity contribution in [3.05, 3.63) is 73.0 Å². The summed E-state index contributed by atoms with van der Waals surface area (Å²) in [6, 6.07) is 10.9. The van der Waals surface area contributed by atoms with E-state index in [1.165, 1.54) is 12.1 Å². The molecule has 1 heterocycles. The molecular weight excluding hydrogens is 286 g/mol. The number of fused-ring (bicyclic) bond motifs is 1. The number of nitrogens with zero attached hydrogens (tertiary/aromatic N) is 1. The molecule has 0 radical (unpaired) electrons. The molecule has 3 nitrogen and oxygen atoms in total. The average Bonchev–Trinajstić information content (AvgIpc) is 2.93. The van der Waals surface area contributed by atoms with Crippen molar-refractivity contribution in [2.75, 3.05) is 5.32 Å². The monoisotopic (exact) mass is 298 g/mol. The number of anilines is 1. The van der Waals surface area contributed by atoms with E-state index in [-0.39, 0.29) is 5.91 Å². The number of hydrogen-bond acceptors (Lipinski definition) is 1. The number of halogens is 2. The summed E-state index contributed by atoms with van der Waals surface area (Å²) in [5.41, 5.74) is 1.99. The largest absolute Gasteiger partial charge is 0.323 e. The van der Waals surface area contributed by atoms with Crippen LogP contribution in [-0.4, -0.2) is 10.5 Å². The molecule has 110 valence electrons. The van der Waals surface area contributed by atoms with Gasteiger partial charge in [0, 0.05) is 29.0 Å². The summed E-state index contributed by atoms with van der Waals surface area (Å²) in [6.07, 6.45) is 2.95. The molecule has 0 bridgehead atoms. The van der Waals surface area contributed by atoms with Crippen molar-refractivity contribution < 1.29 is 13.6 Å². The average molecular weight is 298 g/mol. The fourth-order valence-electron chi connectivity index (χ4n) is 2.27. The molecule has 0 saturated carbocycles. The number of carbonyl (C=O) groups is 1. The molecule has 2 aromatic carbocycles. The minimum atomic E-state index is -0.894. The number of rotatable bonds is 3. The van der Waals surface area contributed by atoms with Gasteiger partial charge in [-0.2, -0.15) is 0 Å². The molecule has 0 aliphatic carbocycles. The molecule has 0 saturated heterocycles. The highest BCUT2D eigenvalue weighted by atomic mass is 19.2. The zero-order chi connectivity index (χ0) is 15.7. The van der Waals surface area contributed by atoms with Crippen molar-refractivity contribution in [2.24, 2.45) is 0 Å². The van der Waals surface area contributed by atoms with Crippen LogP contribution in [0.15, 0.2) is 61.3 Å². The van der Waals surface area contributed by atoms with Gasteiger partial charge in [-0.3, -0.25) is 4.79 Å². The van der Waals surface area contributed by atoms with Crippen LogP contribution < -0.4 is 5.32 Å². The zero-order valence-corrected chi connectivity index (χ0v) is 11.5. The van der Waals surface area contributed by atoms with E-state index in [1.807, 2.05) is 6.07 Å². The lowest BCUT2D eigenvalue weighted by Gasteiger charge is -2.07. The van der Waals surface area contributed by atoms with E-state index in [0.717, 1.165) is 23.0 Å². The molecule has 0 atom stereocenters. The number of amides is 1. The lowest BCUT2D eigenvalue weighted by Crippen LogP contribution is -2.06. The Morgan fingerprint density at radius 3 is 2.64 bits per heavy atom. The Balaban J connectivity index is 2.03. The van der Waals surface area contributed by atoms with Crippen molar-refractivity contribution in [3.8, 4) is 5.69 Å². The van der Waals surface area contributed by atoms with E-state index in [9.17, 15) is 13.6 Å². The summed E-state index contributed by atoms with van der Waals surface area (Å²) < 4.78 is 28.1. The van der Waals surface area contributed by atoms with Crippen molar-refractivity contribution in [2.45, 2.75) is 0 Å². The summed E-state index contributed by atoms with van der Waals surface area (Å²) in [7, 11) is 0. The second kappa shape index (κ2) is 5.44. The predicted molar refractivity (Wildman–Crippen MR) is 82.0 cm³/mol. The maximum atomic E-state index is 13.4. The van der Waals surface area contributed by atoms with Gasteiger partial charge in [0.15, 0.2) is 11.6 Å². The van der Waals surface area contributed by atoms with Gasteiger partial charge >= 0.3 is 0 Å². The van der Waals surface area contributed by atoms with Crippen molar-refractivity contribution in [1.29, 1.82) is 0 Å². The lowest BCUT2D eigenvalue weighted by molar-refractivity contribution is -0.111. The molecular formula is C17H12F2N2O. The van der Waals surface area contributed by atoms with Gasteiger partial charge in [0.25, 0.3) is 0 Å². The van der Waals surface area contributed by atoms with Crippen LogP contribution in [0.2, 0.25) is 0 Å². The SMILES string of the molecule is C=CC(=O)Nc1ccc2c(ccn2-c2ccc(F)c(F)c2)c1. The number of hydrogen-bond donors (Lipinski definition) is 1. The van der Waals surface area contributed by atoms with Gasteiger partial charge in [-0.25, -0.2) is 8.78 Å². The van der Waals surface area contributed by atoms with E-state index in [1.54, 1.807) is 29.0 Å². The Morgan fingerprint density at radius 1 is 1.09 bits per heavy atom. The molecule has 22 heavy (non-hydrogen) atoms. The molecule has 0 unspecified atom stereocenters. The maximum Gasteiger partial charge on any atom is 0.247 e. The fourth-order valence-corrected chi connectivity index (χ4v) is 2.27. The summed E-state index contributed by atoms with van der Waals surface area (Å²) in [5, 5.41) is 3.54. The molecule has 3 aromatic rings. The molecule has 0 aliphatic heterocycles. The van der Waals surface area contributed by atoms with Crippen LogP contribution >= 0.6 is 0 Å². The topological polar surface area (TPSA) is 34.0 Å². The lowest BCUT2D eigenvalue weighted by atomic mass is 10.2. The van der Waals surface area contributed by atoms with Crippen LogP contribution in [0, 0.1) is 11.6 Å². The van der Waals surface area contributed by atoms with E-state index in [4.69, 9.17) is 0 Å². The van der Waals surface area contributed by atoms with Crippen LogP contribution in [0.3, 0.4) is 0 Å². The highest BCUT2D eigenvalue weighted by molar-refractivity contribution is 6.00. The summed E-state index contributed by atoms with van der Waals surface area (Å²) >= 11 is 0. The molecule has 0 spiro atoms. The fraction of sp³-hybridized carbons (Fsp3) is 0. The van der Waals surface area contributed by atoms with E-state index in [2.05, 4.69) is 11.9 Å². The van der Waals surface area contributed by atoms with Crippen LogP contribution in [0.25, 0.3) is 16.6 Å². The quantitative estimate of drug-likeness (QED) is 0.728. The Morgan fingerprint density at radius 2 is 1.91 bits per heavy atom. The van der Waals surface area contributed by atoms with Gasteiger partial charge in [0.2, 0.25) is 5.91 Å². The minimum Gasteiger partial charge on any atom is -0.323 e. The molecule has 0 fully saturated rings. The molecule has 5 heteroatoms. The normalized spacial score (nSPS) is 10.6. The molecule has 0 aliphatic rings. The van der Waals surface area contributed by atoms with E-state index in [0.29, 0.717) is 11.4 Å². The highest BCUT2D eigenvalue weighted by Crippen LogP contribution is 2.24. The van der Waals surface area contributed by atoms with Crippen molar-refractivity contribution >= 4 is 22.5 Å². The van der Waals surface area contributed by atoms with E-state index >= 15 is 0 Å². The smallest absolute Gasteiger partial charge is 0.247 e. The Labute approximate surface area is 125 Å². The predicted octanol–water partition coefficient (Wildman–Crippen LogP) is 4.03. The standard InChI is InChI=1S/C17H12F2N2O/c1-2-17(22)20-12-3-6-16-11(9-12)7-8-21(16)13-4-5-14(18)15(19)10-13/h2-10H,1H2,(H,20,22). The number of aromatic nitrogens is 1. The Hall–Kier alpha value is -2.95. The van der Waals surface area contributed by atoms with E-state index < -0.39 is 11.6 Å². The Bertz CT molecular complexity index is 883. The number of nitrogens with one attached hydrogen (secondary N) is 1. The first-order chi connectivity index (χ1) is 10.6. The van der Waals surface area contributed by atoms with Gasteiger partial charge in [0.1, 0.15) is 0 Å². The van der Waals surface area contributed by atoms with Crippen LogP contribution in [0.4, 0.5) is 14.5 Å². The Kier molecular flexibility index (Phi) is 3.47. The van der Waals surface area contributed by atoms with Gasteiger partial charge in [-0.05, 0) is 42.5 Å². The van der Waals surface area contributed by atoms with Crippen molar-refractivity contribution in [3.63, 3.8) is 0 Å².